The largest absolute Gasteiger partial charge is 0.481 e. The van der Waals surface area contributed by atoms with Gasteiger partial charge in [-0.1, -0.05) is 0 Å². The van der Waals surface area contributed by atoms with Gasteiger partial charge < -0.3 is 10.0 Å². The van der Waals surface area contributed by atoms with E-state index in [9.17, 15) is 18.0 Å². The Bertz CT molecular complexity index is 490. The molecule has 20 heavy (non-hydrogen) atoms. The van der Waals surface area contributed by atoms with E-state index in [-0.39, 0.29) is 42.2 Å². The first-order valence-corrected chi connectivity index (χ1v) is 9.64. The van der Waals surface area contributed by atoms with Gasteiger partial charge >= 0.3 is 5.97 Å². The Balaban J connectivity index is 1.94. The topological polar surface area (TPSA) is 91.8 Å². The highest BCUT2D eigenvalue weighted by atomic mass is 32.2. The van der Waals surface area contributed by atoms with Gasteiger partial charge in [0.1, 0.15) is 0 Å². The van der Waals surface area contributed by atoms with Gasteiger partial charge in [-0.15, -0.1) is 0 Å². The van der Waals surface area contributed by atoms with Crippen LogP contribution in [0.5, 0.6) is 0 Å². The van der Waals surface area contributed by atoms with Crippen molar-refractivity contribution in [2.45, 2.75) is 25.3 Å². The summed E-state index contributed by atoms with van der Waals surface area (Å²) in [7, 11) is -2.97. The summed E-state index contributed by atoms with van der Waals surface area (Å²) in [5, 5.41) is 8.89. The monoisotopic (exact) mass is 321 g/mol. The van der Waals surface area contributed by atoms with Crippen molar-refractivity contribution in [3.8, 4) is 0 Å². The Labute approximate surface area is 122 Å². The number of carbonyl (C=O) groups excluding carboxylic acids is 1. The molecule has 8 heteroatoms. The number of nitrogens with zero attached hydrogens (tertiary/aromatic N) is 1. The second-order valence-corrected chi connectivity index (χ2v) is 8.77. The van der Waals surface area contributed by atoms with Crippen molar-refractivity contribution in [2.24, 2.45) is 5.92 Å². The first-order valence-electron chi connectivity index (χ1n) is 6.67. The summed E-state index contributed by atoms with van der Waals surface area (Å²) in [6.45, 7) is 0.556. The van der Waals surface area contributed by atoms with Crippen molar-refractivity contribution in [1.29, 1.82) is 0 Å². The van der Waals surface area contributed by atoms with Gasteiger partial charge in [0.25, 0.3) is 0 Å². The number of carbonyl (C=O) groups is 2. The van der Waals surface area contributed by atoms with Gasteiger partial charge in [-0.25, -0.2) is 8.42 Å². The van der Waals surface area contributed by atoms with E-state index in [2.05, 4.69) is 0 Å². The number of sulfone groups is 1. The van der Waals surface area contributed by atoms with E-state index >= 15 is 0 Å². The van der Waals surface area contributed by atoms with E-state index in [0.29, 0.717) is 18.7 Å². The van der Waals surface area contributed by atoms with Crippen molar-refractivity contribution >= 4 is 33.5 Å². The summed E-state index contributed by atoms with van der Waals surface area (Å²) in [6.07, 6.45) is 0.724. The number of hydrogen-bond acceptors (Lipinski definition) is 5. The Morgan fingerprint density at radius 1 is 1.30 bits per heavy atom. The van der Waals surface area contributed by atoms with Gasteiger partial charge in [-0.2, -0.15) is 11.8 Å². The van der Waals surface area contributed by atoms with Crippen LogP contribution < -0.4 is 0 Å². The highest BCUT2D eigenvalue weighted by molar-refractivity contribution is 7.99. The number of aliphatic carboxylic acids is 1. The highest BCUT2D eigenvalue weighted by Gasteiger charge is 2.34. The van der Waals surface area contributed by atoms with Crippen LogP contribution in [0.4, 0.5) is 0 Å². The average Bonchev–Trinajstić information content (AvgIpc) is 2.68. The Morgan fingerprint density at radius 3 is 2.65 bits per heavy atom. The zero-order valence-corrected chi connectivity index (χ0v) is 12.8. The molecular weight excluding hydrogens is 302 g/mol. The van der Waals surface area contributed by atoms with Crippen molar-refractivity contribution in [1.82, 2.24) is 4.90 Å². The highest BCUT2D eigenvalue weighted by Crippen LogP contribution is 2.25. The number of carboxylic acids is 1. The molecule has 0 aromatic carbocycles. The molecule has 2 aliphatic heterocycles. The quantitative estimate of drug-likeness (QED) is 0.797. The van der Waals surface area contributed by atoms with Crippen molar-refractivity contribution < 1.29 is 23.1 Å². The zero-order chi connectivity index (χ0) is 14.8. The van der Waals surface area contributed by atoms with Crippen LogP contribution in [-0.2, 0) is 19.4 Å². The fourth-order valence-corrected chi connectivity index (χ4v) is 5.68. The third-order valence-electron chi connectivity index (χ3n) is 3.75. The predicted molar refractivity (Wildman–Crippen MR) is 76.5 cm³/mol. The molecule has 0 aromatic rings. The normalized spacial score (nSPS) is 29.3. The molecule has 2 fully saturated rings. The van der Waals surface area contributed by atoms with Crippen LogP contribution in [-0.4, -0.2) is 65.9 Å². The van der Waals surface area contributed by atoms with E-state index in [1.807, 2.05) is 0 Å². The van der Waals surface area contributed by atoms with Gasteiger partial charge in [0, 0.05) is 24.5 Å². The smallest absolute Gasteiger partial charge is 0.305 e. The molecule has 6 nitrogen and oxygen atoms in total. The maximum atomic E-state index is 12.3. The van der Waals surface area contributed by atoms with E-state index in [1.165, 1.54) is 0 Å². The minimum absolute atomic E-state index is 0.0400. The van der Waals surface area contributed by atoms with Crippen LogP contribution in [0.3, 0.4) is 0 Å². The van der Waals surface area contributed by atoms with Crippen LogP contribution in [0.2, 0.25) is 0 Å². The third kappa shape index (κ3) is 4.12. The fraction of sp³-hybridized carbons (Fsp3) is 0.833. The second kappa shape index (κ2) is 6.34. The molecule has 0 radical (unpaired) electrons. The Morgan fingerprint density at radius 2 is 2.05 bits per heavy atom. The molecule has 114 valence electrons. The molecular formula is C12H19NO5S2. The number of thioether (sulfide) groups is 1. The van der Waals surface area contributed by atoms with Crippen LogP contribution >= 0.6 is 11.8 Å². The van der Waals surface area contributed by atoms with Crippen LogP contribution in [0.25, 0.3) is 0 Å². The molecule has 2 atom stereocenters. The van der Waals surface area contributed by atoms with Crippen molar-refractivity contribution in [3.63, 3.8) is 0 Å². The molecule has 0 aliphatic carbocycles. The van der Waals surface area contributed by atoms with Gasteiger partial charge in [0.05, 0.1) is 24.0 Å². The van der Waals surface area contributed by atoms with Gasteiger partial charge in [0.2, 0.25) is 5.91 Å². The molecule has 2 saturated heterocycles. The molecule has 1 N–H and O–H groups in total. The Kier molecular flexibility index (Phi) is 4.95. The van der Waals surface area contributed by atoms with Gasteiger partial charge in [-0.3, -0.25) is 9.59 Å². The first-order chi connectivity index (χ1) is 9.37. The molecule has 1 amide bonds. The zero-order valence-electron chi connectivity index (χ0n) is 11.2. The molecule has 0 aromatic heterocycles. The van der Waals surface area contributed by atoms with Crippen molar-refractivity contribution in [2.75, 3.05) is 29.6 Å². The fourth-order valence-electron chi connectivity index (χ4n) is 2.75. The number of amides is 1. The maximum Gasteiger partial charge on any atom is 0.305 e. The minimum atomic E-state index is -2.97. The van der Waals surface area contributed by atoms with E-state index in [1.54, 1.807) is 16.7 Å². The lowest BCUT2D eigenvalue weighted by atomic mass is 10.0. The van der Waals surface area contributed by atoms with Crippen LogP contribution in [0, 0.1) is 5.92 Å². The summed E-state index contributed by atoms with van der Waals surface area (Å²) >= 11 is 1.66. The Hall–Kier alpha value is -0.760. The molecule has 2 unspecified atom stereocenters. The SMILES string of the molecule is O=C(O)CC1CSCCN1C(=O)CC1CCS(=O)(=O)C1. The number of hydrogen-bond donors (Lipinski definition) is 1. The summed E-state index contributed by atoms with van der Waals surface area (Å²) in [4.78, 5) is 24.8. The van der Waals surface area contributed by atoms with E-state index in [4.69, 9.17) is 5.11 Å². The molecule has 2 rings (SSSR count). The molecule has 2 aliphatic rings. The average molecular weight is 321 g/mol. The predicted octanol–water partition coefficient (Wildman–Crippen LogP) is 0.230. The van der Waals surface area contributed by atoms with E-state index in [0.717, 1.165) is 5.75 Å². The first kappa shape index (κ1) is 15.6. The van der Waals surface area contributed by atoms with Gasteiger partial charge in [-0.05, 0) is 12.3 Å². The van der Waals surface area contributed by atoms with Crippen LogP contribution in [0.1, 0.15) is 19.3 Å². The molecule has 0 spiro atoms. The summed E-state index contributed by atoms with van der Waals surface area (Å²) < 4.78 is 22.8. The third-order valence-corrected chi connectivity index (χ3v) is 6.68. The van der Waals surface area contributed by atoms with Crippen LogP contribution in [0.15, 0.2) is 0 Å². The lowest BCUT2D eigenvalue weighted by molar-refractivity contribution is -0.140. The maximum absolute atomic E-state index is 12.3. The molecule has 0 bridgehead atoms. The summed E-state index contributed by atoms with van der Waals surface area (Å²) in [6, 6.07) is -0.267. The molecule has 0 saturated carbocycles. The van der Waals surface area contributed by atoms with Gasteiger partial charge in [0.15, 0.2) is 9.84 Å². The number of carboxylic acid groups (broad SMARTS) is 1. The minimum Gasteiger partial charge on any atom is -0.481 e. The molecule has 2 heterocycles. The lowest BCUT2D eigenvalue weighted by Gasteiger charge is -2.35. The standard InChI is InChI=1S/C12H19NO5S2/c14-11(5-9-1-4-20(17,18)8-9)13-2-3-19-7-10(13)6-12(15)16/h9-10H,1-8H2,(H,15,16). The lowest BCUT2D eigenvalue weighted by Crippen LogP contribution is -2.47. The second-order valence-electron chi connectivity index (χ2n) is 5.39. The van der Waals surface area contributed by atoms with E-state index < -0.39 is 15.8 Å². The number of rotatable bonds is 4. The summed E-state index contributed by atoms with van der Waals surface area (Å²) in [5.41, 5.74) is 0. The summed E-state index contributed by atoms with van der Waals surface area (Å²) in [5.74, 6) is 0.598. The van der Waals surface area contributed by atoms with Crippen molar-refractivity contribution in [3.05, 3.63) is 0 Å².